The van der Waals surface area contributed by atoms with E-state index < -0.39 is 0 Å². The fourth-order valence-corrected chi connectivity index (χ4v) is 3.45. The molecule has 0 aromatic rings. The van der Waals surface area contributed by atoms with Crippen LogP contribution in [0.25, 0.3) is 0 Å². The molecule has 4 unspecified atom stereocenters. The van der Waals surface area contributed by atoms with Gasteiger partial charge in [0, 0.05) is 21.7 Å². The van der Waals surface area contributed by atoms with Gasteiger partial charge in [0.25, 0.3) is 0 Å². The van der Waals surface area contributed by atoms with E-state index in [1.807, 2.05) is 0 Å². The normalized spacial score (nSPS) is 36.2. The molecule has 17 heavy (non-hydrogen) atoms. The third kappa shape index (κ3) is 4.01. The second-order valence-corrected chi connectivity index (χ2v) is 4.73. The number of halogens is 3. The first-order chi connectivity index (χ1) is 6.45. The average molecular weight is 331 g/mol. The van der Waals surface area contributed by atoms with E-state index in [1.54, 1.807) is 0 Å². The summed E-state index contributed by atoms with van der Waals surface area (Å²) in [4.78, 5) is 0. The standard InChI is InChI=1S/C13H17.3ClH.Ti/c1-3-7-12-10(5-1)9-11-6-2-4-8-13(11)12;;;;/h1,3,5,7,9-13H,2,4,6,8H2;3*1H;/q-1;;;;. The number of allylic oxidation sites excluding steroid dienone is 4. The van der Waals surface area contributed by atoms with Crippen LogP contribution in [0.4, 0.5) is 0 Å². The number of hydrogen-bond acceptors (Lipinski definition) is 0. The topological polar surface area (TPSA) is 0 Å². The van der Waals surface area contributed by atoms with Crippen LogP contribution in [-0.2, 0) is 21.7 Å². The van der Waals surface area contributed by atoms with Crippen molar-refractivity contribution in [1.29, 1.82) is 0 Å². The van der Waals surface area contributed by atoms with Gasteiger partial charge in [-0.1, -0.05) is 49.8 Å². The van der Waals surface area contributed by atoms with Gasteiger partial charge in [-0.25, -0.2) is 0 Å². The van der Waals surface area contributed by atoms with Crippen molar-refractivity contribution < 1.29 is 21.7 Å². The van der Waals surface area contributed by atoms with E-state index >= 15 is 0 Å². The Kier molecular flexibility index (Phi) is 10.8. The van der Waals surface area contributed by atoms with Crippen LogP contribution in [0.3, 0.4) is 0 Å². The largest absolute Gasteiger partial charge is 0.318 e. The van der Waals surface area contributed by atoms with Crippen LogP contribution in [0, 0.1) is 30.1 Å². The first-order valence-electron chi connectivity index (χ1n) is 5.65. The van der Waals surface area contributed by atoms with Gasteiger partial charge < -0.3 is 6.42 Å². The van der Waals surface area contributed by atoms with Gasteiger partial charge in [-0.15, -0.1) is 49.2 Å². The third-order valence-electron chi connectivity index (χ3n) is 4.06. The number of fused-ring (bicyclic) bond motifs is 3. The van der Waals surface area contributed by atoms with Crippen molar-refractivity contribution >= 4 is 37.2 Å². The molecule has 0 saturated heterocycles. The summed E-state index contributed by atoms with van der Waals surface area (Å²) in [6.07, 6.45) is 17.8. The van der Waals surface area contributed by atoms with E-state index in [4.69, 9.17) is 0 Å². The first kappa shape index (κ1) is 20.4. The van der Waals surface area contributed by atoms with Crippen molar-refractivity contribution in [2.75, 3.05) is 0 Å². The van der Waals surface area contributed by atoms with Crippen molar-refractivity contribution in [3.8, 4) is 0 Å². The van der Waals surface area contributed by atoms with E-state index in [0.717, 1.165) is 23.7 Å². The molecule has 0 aromatic carbocycles. The molecule has 0 amide bonds. The van der Waals surface area contributed by atoms with Crippen molar-refractivity contribution in [1.82, 2.24) is 0 Å². The SMILES string of the molecule is C1=CC2[CH-]C3CCCCC3C2C=C1.Cl.Cl.Cl.[Ti]. The fourth-order valence-electron chi connectivity index (χ4n) is 3.45. The molecule has 2 saturated carbocycles. The zero-order chi connectivity index (χ0) is 8.67. The molecular weight excluding hydrogens is 310 g/mol. The molecule has 0 aliphatic heterocycles. The Hall–Kier alpha value is 1.06. The Bertz CT molecular complexity index is 265. The van der Waals surface area contributed by atoms with Gasteiger partial charge in [0.15, 0.2) is 0 Å². The van der Waals surface area contributed by atoms with Crippen molar-refractivity contribution in [3.63, 3.8) is 0 Å². The molecule has 0 bridgehead atoms. The fraction of sp³-hybridized carbons (Fsp3) is 0.615. The van der Waals surface area contributed by atoms with Crippen LogP contribution in [0.1, 0.15) is 25.7 Å². The molecular formula is C13H20Cl3Ti-. The average Bonchev–Trinajstić information content (AvgIpc) is 2.56. The first-order valence-corrected chi connectivity index (χ1v) is 5.65. The van der Waals surface area contributed by atoms with E-state index in [1.165, 1.54) is 25.7 Å². The third-order valence-corrected chi connectivity index (χ3v) is 4.06. The minimum absolute atomic E-state index is 0. The summed E-state index contributed by atoms with van der Waals surface area (Å²) in [5, 5.41) is 0. The second-order valence-electron chi connectivity index (χ2n) is 4.73. The van der Waals surface area contributed by atoms with Crippen molar-refractivity contribution in [2.45, 2.75) is 25.7 Å². The van der Waals surface area contributed by atoms with Gasteiger partial charge in [-0.3, -0.25) is 0 Å². The second kappa shape index (κ2) is 9.05. The van der Waals surface area contributed by atoms with Gasteiger partial charge in [0.05, 0.1) is 0 Å². The van der Waals surface area contributed by atoms with Crippen LogP contribution in [-0.4, -0.2) is 0 Å². The zero-order valence-electron chi connectivity index (χ0n) is 9.75. The minimum atomic E-state index is 0. The molecule has 3 aliphatic carbocycles. The van der Waals surface area contributed by atoms with Gasteiger partial charge >= 0.3 is 0 Å². The quantitative estimate of drug-likeness (QED) is 0.449. The monoisotopic (exact) mass is 329 g/mol. The summed E-state index contributed by atoms with van der Waals surface area (Å²) in [6.45, 7) is 0. The van der Waals surface area contributed by atoms with Gasteiger partial charge in [0.2, 0.25) is 0 Å². The zero-order valence-corrected chi connectivity index (χ0v) is 13.8. The van der Waals surface area contributed by atoms with Crippen LogP contribution in [0.5, 0.6) is 0 Å². The van der Waals surface area contributed by atoms with Crippen molar-refractivity contribution in [3.05, 3.63) is 30.7 Å². The maximum atomic E-state index is 2.62. The Morgan fingerprint density at radius 2 is 1.53 bits per heavy atom. The maximum Gasteiger partial charge on any atom is 0 e. The summed E-state index contributed by atoms with van der Waals surface area (Å²) < 4.78 is 0. The molecule has 98 valence electrons. The molecule has 0 nitrogen and oxygen atoms in total. The van der Waals surface area contributed by atoms with Crippen LogP contribution in [0.15, 0.2) is 24.3 Å². The van der Waals surface area contributed by atoms with Crippen LogP contribution >= 0.6 is 37.2 Å². The molecule has 4 atom stereocenters. The molecule has 4 heteroatoms. The molecule has 0 heterocycles. The van der Waals surface area contributed by atoms with E-state index in [0.29, 0.717) is 0 Å². The molecule has 2 fully saturated rings. The maximum absolute atomic E-state index is 2.62. The van der Waals surface area contributed by atoms with E-state index in [2.05, 4.69) is 30.7 Å². The molecule has 0 aromatic heterocycles. The Balaban J connectivity index is 0. The summed E-state index contributed by atoms with van der Waals surface area (Å²) in [6, 6.07) is 0. The molecule has 0 spiro atoms. The molecule has 3 aliphatic rings. The summed E-state index contributed by atoms with van der Waals surface area (Å²) in [7, 11) is 0. The van der Waals surface area contributed by atoms with Gasteiger partial charge in [-0.05, 0) is 5.92 Å². The number of rotatable bonds is 0. The van der Waals surface area contributed by atoms with Crippen molar-refractivity contribution in [2.24, 2.45) is 23.7 Å². The van der Waals surface area contributed by atoms with Gasteiger partial charge in [0.1, 0.15) is 0 Å². The predicted octanol–water partition coefficient (Wildman–Crippen LogP) is 4.63. The summed E-state index contributed by atoms with van der Waals surface area (Å²) in [5.41, 5.74) is 0. The summed E-state index contributed by atoms with van der Waals surface area (Å²) in [5.74, 6) is 3.56. The predicted molar refractivity (Wildman–Crippen MR) is 76.8 cm³/mol. The van der Waals surface area contributed by atoms with Crippen LogP contribution < -0.4 is 0 Å². The molecule has 3 rings (SSSR count). The minimum Gasteiger partial charge on any atom is -0.318 e. The summed E-state index contributed by atoms with van der Waals surface area (Å²) >= 11 is 0. The van der Waals surface area contributed by atoms with Crippen LogP contribution in [0.2, 0.25) is 0 Å². The molecule has 0 N–H and O–H groups in total. The van der Waals surface area contributed by atoms with E-state index in [-0.39, 0.29) is 58.9 Å². The Morgan fingerprint density at radius 3 is 2.29 bits per heavy atom. The Morgan fingerprint density at radius 1 is 0.882 bits per heavy atom. The van der Waals surface area contributed by atoms with E-state index in [9.17, 15) is 0 Å². The molecule has 0 radical (unpaired) electrons. The smallest absolute Gasteiger partial charge is 0 e. The van der Waals surface area contributed by atoms with Gasteiger partial charge in [-0.2, -0.15) is 5.92 Å². The number of hydrogen-bond donors (Lipinski definition) is 0. The Labute approximate surface area is 138 Å².